The van der Waals surface area contributed by atoms with Gasteiger partial charge in [-0.2, -0.15) is 8.78 Å². The van der Waals surface area contributed by atoms with E-state index in [2.05, 4.69) is 4.74 Å². The molecule has 92 valence electrons. The first-order valence-electron chi connectivity index (χ1n) is 4.56. The van der Waals surface area contributed by atoms with E-state index in [9.17, 15) is 18.0 Å². The van der Waals surface area contributed by atoms with Crippen LogP contribution >= 0.6 is 0 Å². The molecule has 0 spiro atoms. The van der Waals surface area contributed by atoms with Gasteiger partial charge in [0, 0.05) is 11.6 Å². The van der Waals surface area contributed by atoms with Crippen molar-refractivity contribution in [1.29, 1.82) is 0 Å². The second-order valence-electron chi connectivity index (χ2n) is 3.14. The highest BCUT2D eigenvalue weighted by atomic mass is 19.3. The van der Waals surface area contributed by atoms with Crippen molar-refractivity contribution in [2.24, 2.45) is 0 Å². The third-order valence-electron chi connectivity index (χ3n) is 2.01. The number of alkyl halides is 2. The molecule has 3 nitrogen and oxygen atoms in total. The van der Waals surface area contributed by atoms with Gasteiger partial charge in [-0.15, -0.1) is 0 Å². The summed E-state index contributed by atoms with van der Waals surface area (Å²) in [5, 5.41) is 8.42. The van der Waals surface area contributed by atoms with Crippen molar-refractivity contribution < 1.29 is 27.8 Å². The predicted molar refractivity (Wildman–Crippen MR) is 54.4 cm³/mol. The van der Waals surface area contributed by atoms with Gasteiger partial charge in [-0.1, -0.05) is 6.07 Å². The molecule has 1 rings (SSSR count). The number of hydrogen-bond acceptors (Lipinski definition) is 2. The lowest BCUT2D eigenvalue weighted by atomic mass is 10.1. The second-order valence-corrected chi connectivity index (χ2v) is 3.14. The third-order valence-corrected chi connectivity index (χ3v) is 2.01. The second kappa shape index (κ2) is 5.38. The third kappa shape index (κ3) is 3.51. The molecule has 0 saturated carbocycles. The van der Waals surface area contributed by atoms with E-state index in [1.165, 1.54) is 19.1 Å². The van der Waals surface area contributed by atoms with Gasteiger partial charge in [-0.3, -0.25) is 0 Å². The van der Waals surface area contributed by atoms with Crippen LogP contribution < -0.4 is 4.74 Å². The van der Waals surface area contributed by atoms with E-state index < -0.39 is 24.1 Å². The Morgan fingerprint density at radius 3 is 2.65 bits per heavy atom. The summed E-state index contributed by atoms with van der Waals surface area (Å²) in [5.74, 6) is -2.69. The number of rotatable bonds is 4. The van der Waals surface area contributed by atoms with E-state index in [1.54, 1.807) is 0 Å². The van der Waals surface area contributed by atoms with Crippen LogP contribution in [0.3, 0.4) is 0 Å². The Hall–Kier alpha value is -1.98. The van der Waals surface area contributed by atoms with Crippen molar-refractivity contribution in [1.82, 2.24) is 0 Å². The fourth-order valence-corrected chi connectivity index (χ4v) is 1.25. The quantitative estimate of drug-likeness (QED) is 0.831. The molecular formula is C11H9F3O3. The highest BCUT2D eigenvalue weighted by Crippen LogP contribution is 2.27. The van der Waals surface area contributed by atoms with Crippen LogP contribution in [0.25, 0.3) is 6.08 Å². The Morgan fingerprint density at radius 1 is 1.47 bits per heavy atom. The lowest BCUT2D eigenvalue weighted by Crippen LogP contribution is -2.06. The van der Waals surface area contributed by atoms with Crippen LogP contribution in [-0.2, 0) is 4.79 Å². The van der Waals surface area contributed by atoms with Crippen LogP contribution in [0.5, 0.6) is 5.75 Å². The topological polar surface area (TPSA) is 46.5 Å². The molecule has 0 fully saturated rings. The molecule has 0 amide bonds. The summed E-state index contributed by atoms with van der Waals surface area (Å²) in [6, 6.07) is 2.22. The maximum atomic E-state index is 13.2. The van der Waals surface area contributed by atoms with Crippen molar-refractivity contribution in [3.05, 3.63) is 35.2 Å². The lowest BCUT2D eigenvalue weighted by molar-refractivity contribution is -0.131. The maximum absolute atomic E-state index is 13.2. The average Bonchev–Trinajstić information content (AvgIpc) is 2.22. The number of halogens is 3. The molecule has 0 aliphatic carbocycles. The number of ether oxygens (including phenoxy) is 1. The first-order chi connectivity index (χ1) is 7.91. The Balaban J connectivity index is 3.14. The van der Waals surface area contributed by atoms with Crippen LogP contribution in [-0.4, -0.2) is 17.7 Å². The molecule has 1 aromatic rings. The van der Waals surface area contributed by atoms with Gasteiger partial charge in [0.2, 0.25) is 0 Å². The fraction of sp³-hybridized carbons (Fsp3) is 0.182. The van der Waals surface area contributed by atoms with E-state index in [4.69, 9.17) is 5.11 Å². The van der Waals surface area contributed by atoms with Crippen LogP contribution in [0, 0.1) is 12.7 Å². The molecule has 0 aliphatic rings. The molecule has 6 heteroatoms. The molecule has 1 N–H and O–H groups in total. The van der Waals surface area contributed by atoms with Crippen molar-refractivity contribution in [3.8, 4) is 5.75 Å². The van der Waals surface area contributed by atoms with E-state index in [0.29, 0.717) is 5.56 Å². The summed E-state index contributed by atoms with van der Waals surface area (Å²) in [7, 11) is 0. The lowest BCUT2D eigenvalue weighted by Gasteiger charge is -2.10. The Labute approximate surface area is 95.1 Å². The summed E-state index contributed by atoms with van der Waals surface area (Å²) in [5.41, 5.74) is 0.409. The van der Waals surface area contributed by atoms with Crippen LogP contribution in [0.1, 0.15) is 11.1 Å². The number of carboxylic acids is 1. The molecule has 0 aromatic heterocycles. The largest absolute Gasteiger partial charge is 0.478 e. The molecule has 17 heavy (non-hydrogen) atoms. The SMILES string of the molecule is Cc1c(/C=C/C(=O)O)ccc(F)c1OC(F)F. The summed E-state index contributed by atoms with van der Waals surface area (Å²) < 4.78 is 41.3. The number of benzene rings is 1. The van der Waals surface area contributed by atoms with Gasteiger partial charge in [-0.25, -0.2) is 9.18 Å². The van der Waals surface area contributed by atoms with Gasteiger partial charge >= 0.3 is 12.6 Å². The number of carbonyl (C=O) groups is 1. The smallest absolute Gasteiger partial charge is 0.387 e. The summed E-state index contributed by atoms with van der Waals surface area (Å²) in [4.78, 5) is 10.3. The van der Waals surface area contributed by atoms with Gasteiger partial charge in [0.1, 0.15) is 0 Å². The zero-order valence-electron chi connectivity index (χ0n) is 8.78. The standard InChI is InChI=1S/C11H9F3O3/c1-6-7(3-5-9(15)16)2-4-8(12)10(6)17-11(13)14/h2-5,11H,1H3,(H,15,16)/b5-3+. The highest BCUT2D eigenvalue weighted by molar-refractivity contribution is 5.85. The minimum Gasteiger partial charge on any atom is -0.478 e. The van der Waals surface area contributed by atoms with Crippen molar-refractivity contribution in [3.63, 3.8) is 0 Å². The van der Waals surface area contributed by atoms with Crippen molar-refractivity contribution in [2.45, 2.75) is 13.5 Å². The molecular weight excluding hydrogens is 237 g/mol. The molecule has 1 aromatic carbocycles. The van der Waals surface area contributed by atoms with Gasteiger partial charge in [-0.05, 0) is 24.6 Å². The number of carboxylic acid groups (broad SMARTS) is 1. The zero-order chi connectivity index (χ0) is 13.0. The Morgan fingerprint density at radius 2 is 2.12 bits per heavy atom. The average molecular weight is 246 g/mol. The fourth-order valence-electron chi connectivity index (χ4n) is 1.25. The van der Waals surface area contributed by atoms with Gasteiger partial charge in [0.15, 0.2) is 11.6 Å². The predicted octanol–water partition coefficient (Wildman–Crippen LogP) is 2.83. The molecule has 0 saturated heterocycles. The highest BCUT2D eigenvalue weighted by Gasteiger charge is 2.14. The summed E-state index contributed by atoms with van der Waals surface area (Å²) in [6.45, 7) is -1.77. The molecule has 0 radical (unpaired) electrons. The summed E-state index contributed by atoms with van der Waals surface area (Å²) in [6.07, 6.45) is 2.00. The summed E-state index contributed by atoms with van der Waals surface area (Å²) >= 11 is 0. The first-order valence-corrected chi connectivity index (χ1v) is 4.56. The molecule has 0 heterocycles. The number of aliphatic carboxylic acids is 1. The van der Waals surface area contributed by atoms with Crippen LogP contribution in [0.2, 0.25) is 0 Å². The Kier molecular flexibility index (Phi) is 4.14. The minimum atomic E-state index is -3.14. The van der Waals surface area contributed by atoms with Gasteiger partial charge in [0.05, 0.1) is 0 Å². The molecule has 0 bridgehead atoms. The molecule has 0 atom stereocenters. The molecule has 0 unspecified atom stereocenters. The van der Waals surface area contributed by atoms with Crippen LogP contribution in [0.4, 0.5) is 13.2 Å². The van der Waals surface area contributed by atoms with E-state index in [0.717, 1.165) is 12.1 Å². The van der Waals surface area contributed by atoms with Gasteiger partial charge in [0.25, 0.3) is 0 Å². The van der Waals surface area contributed by atoms with E-state index >= 15 is 0 Å². The van der Waals surface area contributed by atoms with Crippen LogP contribution in [0.15, 0.2) is 18.2 Å². The number of hydrogen-bond donors (Lipinski definition) is 1. The van der Waals surface area contributed by atoms with Crippen molar-refractivity contribution in [2.75, 3.05) is 0 Å². The zero-order valence-corrected chi connectivity index (χ0v) is 8.78. The molecule has 0 aliphatic heterocycles. The monoisotopic (exact) mass is 246 g/mol. The Bertz CT molecular complexity index is 456. The normalized spacial score (nSPS) is 11.1. The van der Waals surface area contributed by atoms with E-state index in [-0.39, 0.29) is 5.56 Å². The van der Waals surface area contributed by atoms with E-state index in [1.807, 2.05) is 0 Å². The van der Waals surface area contributed by atoms with Crippen molar-refractivity contribution >= 4 is 12.0 Å². The first kappa shape index (κ1) is 13.1. The maximum Gasteiger partial charge on any atom is 0.387 e. The minimum absolute atomic E-state index is 0.114. The van der Waals surface area contributed by atoms with Gasteiger partial charge < -0.3 is 9.84 Å².